The molecule has 0 aliphatic rings. The highest BCUT2D eigenvalue weighted by molar-refractivity contribution is 7.98. The van der Waals surface area contributed by atoms with Crippen molar-refractivity contribution in [3.63, 3.8) is 0 Å². The predicted molar refractivity (Wildman–Crippen MR) is 91.1 cm³/mol. The molecule has 0 N–H and O–H groups in total. The molecule has 0 fully saturated rings. The smallest absolute Gasteiger partial charge is 0.277 e. The molecule has 0 aliphatic carbocycles. The number of thioether (sulfide) groups is 1. The Morgan fingerprint density at radius 1 is 0.955 bits per heavy atom. The fraction of sp³-hybridized carbons (Fsp3) is 0.0588. The Morgan fingerprint density at radius 3 is 2.64 bits per heavy atom. The molecule has 2 aromatic carbocycles. The molecule has 0 saturated heterocycles. The molecule has 0 bridgehead atoms. The van der Waals surface area contributed by atoms with E-state index >= 15 is 0 Å². The molecule has 4 aromatic rings. The number of nitrogens with zero attached hydrogens (tertiary/aromatic N) is 2. The summed E-state index contributed by atoms with van der Waals surface area (Å²) < 4.78 is 7.02. The van der Waals surface area contributed by atoms with Gasteiger partial charge >= 0.3 is 0 Å². The van der Waals surface area contributed by atoms with E-state index in [2.05, 4.69) is 40.5 Å². The van der Waals surface area contributed by atoms with Crippen molar-refractivity contribution in [3.05, 3.63) is 65.5 Å². The molecule has 0 unspecified atom stereocenters. The Morgan fingerprint density at radius 2 is 1.77 bits per heavy atom. The van der Waals surface area contributed by atoms with Crippen molar-refractivity contribution in [1.82, 2.24) is 10.2 Å². The average molecular weight is 324 g/mol. The maximum absolute atomic E-state index is 5.71. The first kappa shape index (κ1) is 13.5. The monoisotopic (exact) mass is 324 g/mol. The van der Waals surface area contributed by atoms with Crippen LogP contribution in [0.15, 0.2) is 70.3 Å². The zero-order valence-electron chi connectivity index (χ0n) is 11.6. The molecule has 2 heterocycles. The van der Waals surface area contributed by atoms with E-state index in [9.17, 15) is 0 Å². The minimum absolute atomic E-state index is 0.569. The lowest BCUT2D eigenvalue weighted by Gasteiger charge is -1.93. The Balaban J connectivity index is 1.49. The summed E-state index contributed by atoms with van der Waals surface area (Å²) in [6.07, 6.45) is 0. The number of hydrogen-bond donors (Lipinski definition) is 0. The van der Waals surface area contributed by atoms with Crippen LogP contribution in [0.5, 0.6) is 0 Å². The second kappa shape index (κ2) is 5.94. The normalized spacial score (nSPS) is 11.1. The van der Waals surface area contributed by atoms with Crippen LogP contribution in [0.4, 0.5) is 0 Å². The summed E-state index contributed by atoms with van der Waals surface area (Å²) >= 11 is 3.38. The molecule has 108 valence electrons. The highest BCUT2D eigenvalue weighted by Gasteiger charge is 2.09. The van der Waals surface area contributed by atoms with Gasteiger partial charge in [0.2, 0.25) is 5.89 Å². The summed E-state index contributed by atoms with van der Waals surface area (Å²) in [4.78, 5) is 1.31. The van der Waals surface area contributed by atoms with Gasteiger partial charge < -0.3 is 4.42 Å². The van der Waals surface area contributed by atoms with Crippen molar-refractivity contribution in [2.24, 2.45) is 0 Å². The number of aromatic nitrogens is 2. The van der Waals surface area contributed by atoms with Crippen LogP contribution in [0, 0.1) is 0 Å². The molecular formula is C17H12N2OS2. The number of hydrogen-bond acceptors (Lipinski definition) is 5. The van der Waals surface area contributed by atoms with Gasteiger partial charge in [0.25, 0.3) is 5.22 Å². The first-order chi connectivity index (χ1) is 10.9. The topological polar surface area (TPSA) is 38.9 Å². The van der Waals surface area contributed by atoms with Crippen molar-refractivity contribution in [2.45, 2.75) is 11.0 Å². The Labute approximate surface area is 136 Å². The van der Waals surface area contributed by atoms with E-state index in [-0.39, 0.29) is 0 Å². The van der Waals surface area contributed by atoms with Crippen LogP contribution in [0.25, 0.3) is 21.5 Å². The van der Waals surface area contributed by atoms with Crippen molar-refractivity contribution in [1.29, 1.82) is 0 Å². The summed E-state index contributed by atoms with van der Waals surface area (Å²) in [5.74, 6) is 1.41. The van der Waals surface area contributed by atoms with E-state index in [1.54, 1.807) is 11.8 Å². The van der Waals surface area contributed by atoms with Gasteiger partial charge in [-0.2, -0.15) is 0 Å². The maximum Gasteiger partial charge on any atom is 0.277 e. The number of benzene rings is 2. The van der Waals surface area contributed by atoms with Gasteiger partial charge in [0.05, 0.1) is 0 Å². The van der Waals surface area contributed by atoms with Crippen LogP contribution >= 0.6 is 23.1 Å². The number of fused-ring (bicyclic) bond motifs is 1. The van der Waals surface area contributed by atoms with E-state index in [0.29, 0.717) is 11.1 Å². The fourth-order valence-corrected chi connectivity index (χ4v) is 4.06. The largest absolute Gasteiger partial charge is 0.411 e. The fourth-order valence-electron chi connectivity index (χ4n) is 2.21. The predicted octanol–water partition coefficient (Wildman–Crippen LogP) is 5.24. The molecule has 0 atom stereocenters. The molecule has 4 rings (SSSR count). The molecule has 5 heteroatoms. The van der Waals surface area contributed by atoms with Crippen LogP contribution < -0.4 is 0 Å². The summed E-state index contributed by atoms with van der Waals surface area (Å²) in [6.45, 7) is 0. The van der Waals surface area contributed by atoms with Crippen molar-refractivity contribution >= 4 is 33.2 Å². The van der Waals surface area contributed by atoms with E-state index in [1.165, 1.54) is 15.0 Å². The second-order valence-electron chi connectivity index (χ2n) is 4.78. The van der Waals surface area contributed by atoms with Crippen LogP contribution in [-0.4, -0.2) is 10.2 Å². The molecule has 2 aromatic heterocycles. The second-order valence-corrected chi connectivity index (χ2v) is 6.87. The van der Waals surface area contributed by atoms with E-state index in [0.717, 1.165) is 11.3 Å². The summed E-state index contributed by atoms with van der Waals surface area (Å²) in [6, 6.07) is 20.5. The molecule has 0 amide bonds. The third-order valence-corrected chi connectivity index (χ3v) is 5.41. The molecule has 0 aliphatic heterocycles. The van der Waals surface area contributed by atoms with Crippen molar-refractivity contribution in [2.75, 3.05) is 0 Å². The molecule has 0 saturated carbocycles. The highest BCUT2D eigenvalue weighted by atomic mass is 32.2. The number of thiophene rings is 1. The third-order valence-electron chi connectivity index (χ3n) is 3.24. The first-order valence-corrected chi connectivity index (χ1v) is 8.68. The molecule has 3 nitrogen and oxygen atoms in total. The van der Waals surface area contributed by atoms with Gasteiger partial charge in [-0.1, -0.05) is 48.2 Å². The van der Waals surface area contributed by atoms with Gasteiger partial charge in [-0.05, 0) is 29.7 Å². The lowest BCUT2D eigenvalue weighted by atomic mass is 10.2. The average Bonchev–Trinajstić information content (AvgIpc) is 3.20. The standard InChI is InChI=1S/C17H12N2OS2/c1-2-6-12(7-3-1)16-18-19-17(20-16)21-11-14-10-13-8-4-5-9-15(13)22-14/h1-10H,11H2. The molecule has 0 radical (unpaired) electrons. The van der Waals surface area contributed by atoms with Crippen LogP contribution in [0.2, 0.25) is 0 Å². The van der Waals surface area contributed by atoms with Gasteiger partial charge in [0.1, 0.15) is 0 Å². The van der Waals surface area contributed by atoms with Crippen LogP contribution in [-0.2, 0) is 5.75 Å². The number of rotatable bonds is 4. The van der Waals surface area contributed by atoms with Gasteiger partial charge in [-0.15, -0.1) is 21.5 Å². The summed E-state index contributed by atoms with van der Waals surface area (Å²) in [5.41, 5.74) is 0.948. The SMILES string of the molecule is c1ccc(-c2nnc(SCc3cc4ccccc4s3)o2)cc1. The van der Waals surface area contributed by atoms with E-state index < -0.39 is 0 Å². The van der Waals surface area contributed by atoms with Gasteiger partial charge in [0.15, 0.2) is 0 Å². The minimum atomic E-state index is 0.569. The highest BCUT2D eigenvalue weighted by Crippen LogP contribution is 2.31. The van der Waals surface area contributed by atoms with Crippen LogP contribution in [0.3, 0.4) is 0 Å². The van der Waals surface area contributed by atoms with E-state index in [4.69, 9.17) is 4.42 Å². The van der Waals surface area contributed by atoms with Gasteiger partial charge in [-0.25, -0.2) is 0 Å². The summed E-state index contributed by atoms with van der Waals surface area (Å²) in [5, 5.41) is 10.1. The molecule has 22 heavy (non-hydrogen) atoms. The zero-order chi connectivity index (χ0) is 14.8. The Bertz CT molecular complexity index is 866. The molecule has 0 spiro atoms. The Hall–Kier alpha value is -2.11. The minimum Gasteiger partial charge on any atom is -0.411 e. The zero-order valence-corrected chi connectivity index (χ0v) is 13.2. The van der Waals surface area contributed by atoms with Gasteiger partial charge in [0, 0.05) is 20.9 Å². The van der Waals surface area contributed by atoms with Gasteiger partial charge in [-0.3, -0.25) is 0 Å². The van der Waals surface area contributed by atoms with Crippen molar-refractivity contribution in [3.8, 4) is 11.5 Å². The van der Waals surface area contributed by atoms with E-state index in [1.807, 2.05) is 41.7 Å². The quantitative estimate of drug-likeness (QED) is 0.481. The summed E-state index contributed by atoms with van der Waals surface area (Å²) in [7, 11) is 0. The molecular weight excluding hydrogens is 312 g/mol. The third kappa shape index (κ3) is 2.77. The van der Waals surface area contributed by atoms with Crippen LogP contribution in [0.1, 0.15) is 4.88 Å². The first-order valence-electron chi connectivity index (χ1n) is 6.88. The van der Waals surface area contributed by atoms with Crippen molar-refractivity contribution < 1.29 is 4.42 Å². The maximum atomic E-state index is 5.71. The lowest BCUT2D eigenvalue weighted by molar-refractivity contribution is 0.466. The lowest BCUT2D eigenvalue weighted by Crippen LogP contribution is -1.75. The Kier molecular flexibility index (Phi) is 3.66.